The maximum Gasteiger partial charge on any atom is 0.123 e. The fourth-order valence-electron chi connectivity index (χ4n) is 1.96. The van der Waals surface area contributed by atoms with E-state index in [0.29, 0.717) is 0 Å². The second-order valence-electron chi connectivity index (χ2n) is 4.62. The van der Waals surface area contributed by atoms with Gasteiger partial charge in [0.2, 0.25) is 0 Å². The van der Waals surface area contributed by atoms with E-state index in [9.17, 15) is 4.79 Å². The molecule has 1 unspecified atom stereocenters. The Morgan fingerprint density at radius 3 is 2.69 bits per heavy atom. The summed E-state index contributed by atoms with van der Waals surface area (Å²) < 4.78 is 0. The van der Waals surface area contributed by atoms with E-state index in [1.165, 1.54) is 18.4 Å². The summed E-state index contributed by atoms with van der Waals surface area (Å²) in [5.41, 5.74) is 1.50. The van der Waals surface area contributed by atoms with Crippen molar-refractivity contribution in [2.75, 3.05) is 0 Å². The molecule has 0 saturated heterocycles. The lowest BCUT2D eigenvalue weighted by Crippen LogP contribution is -2.05. The number of allylic oxidation sites excluding steroid dienone is 2. The van der Waals surface area contributed by atoms with Gasteiger partial charge in [-0.1, -0.05) is 32.4 Å². The first-order chi connectivity index (χ1) is 6.13. The topological polar surface area (TPSA) is 17.1 Å². The highest BCUT2D eigenvalue weighted by Gasteiger charge is 2.20. The zero-order valence-corrected chi connectivity index (χ0v) is 8.92. The van der Waals surface area contributed by atoms with Crippen molar-refractivity contribution in [3.8, 4) is 0 Å². The molecule has 1 aliphatic carbocycles. The summed E-state index contributed by atoms with van der Waals surface area (Å²) in [6.07, 6.45) is 6.81. The third-order valence-corrected chi connectivity index (χ3v) is 2.99. The maximum atomic E-state index is 10.5. The molecule has 0 aromatic carbocycles. The SMILES string of the molecule is CC(C=O)CC1=CC[C@@H](C(C)C)C1. The first-order valence-corrected chi connectivity index (χ1v) is 5.26. The molecule has 1 aliphatic rings. The maximum absolute atomic E-state index is 10.5. The summed E-state index contributed by atoms with van der Waals surface area (Å²) in [5, 5.41) is 0. The van der Waals surface area contributed by atoms with Crippen LogP contribution in [0.3, 0.4) is 0 Å². The lowest BCUT2D eigenvalue weighted by Gasteiger charge is -2.14. The molecule has 0 aromatic rings. The number of carbonyl (C=O) groups is 1. The third kappa shape index (κ3) is 2.98. The largest absolute Gasteiger partial charge is 0.303 e. The molecule has 0 saturated carbocycles. The second-order valence-corrected chi connectivity index (χ2v) is 4.62. The fourth-order valence-corrected chi connectivity index (χ4v) is 1.96. The third-order valence-electron chi connectivity index (χ3n) is 2.99. The lowest BCUT2D eigenvalue weighted by molar-refractivity contribution is -0.110. The van der Waals surface area contributed by atoms with Crippen LogP contribution in [0.1, 0.15) is 40.0 Å². The second kappa shape index (κ2) is 4.59. The molecule has 1 heteroatoms. The standard InChI is InChI=1S/C12H20O/c1-9(2)12-5-4-11(7-12)6-10(3)8-13/h4,8-10,12H,5-7H2,1-3H3/t10?,12-/m1/s1. The van der Waals surface area contributed by atoms with E-state index in [2.05, 4.69) is 19.9 Å². The van der Waals surface area contributed by atoms with Crippen LogP contribution in [0.4, 0.5) is 0 Å². The summed E-state index contributed by atoms with van der Waals surface area (Å²) in [7, 11) is 0. The molecule has 13 heavy (non-hydrogen) atoms. The van der Waals surface area contributed by atoms with Crippen LogP contribution in [0, 0.1) is 17.8 Å². The highest BCUT2D eigenvalue weighted by molar-refractivity contribution is 5.53. The predicted octanol–water partition coefficient (Wildman–Crippen LogP) is 3.20. The summed E-state index contributed by atoms with van der Waals surface area (Å²) in [6, 6.07) is 0. The Bertz CT molecular complexity index is 203. The van der Waals surface area contributed by atoms with Crippen molar-refractivity contribution in [2.45, 2.75) is 40.0 Å². The van der Waals surface area contributed by atoms with Gasteiger partial charge in [-0.25, -0.2) is 0 Å². The van der Waals surface area contributed by atoms with E-state index in [-0.39, 0.29) is 5.92 Å². The smallest absolute Gasteiger partial charge is 0.123 e. The Kier molecular flexibility index (Phi) is 3.71. The minimum absolute atomic E-state index is 0.206. The van der Waals surface area contributed by atoms with Crippen molar-refractivity contribution in [3.63, 3.8) is 0 Å². The molecule has 2 atom stereocenters. The molecule has 1 rings (SSSR count). The molecule has 0 aromatic heterocycles. The Hall–Kier alpha value is -0.590. The predicted molar refractivity (Wildman–Crippen MR) is 55.5 cm³/mol. The van der Waals surface area contributed by atoms with E-state index >= 15 is 0 Å². The van der Waals surface area contributed by atoms with Crippen molar-refractivity contribution < 1.29 is 4.79 Å². The molecule has 0 bridgehead atoms. The van der Waals surface area contributed by atoms with Crippen LogP contribution in [-0.4, -0.2) is 6.29 Å². The van der Waals surface area contributed by atoms with Gasteiger partial charge in [-0.3, -0.25) is 0 Å². The zero-order chi connectivity index (χ0) is 9.84. The van der Waals surface area contributed by atoms with Gasteiger partial charge in [-0.2, -0.15) is 0 Å². The van der Waals surface area contributed by atoms with Gasteiger partial charge >= 0.3 is 0 Å². The van der Waals surface area contributed by atoms with E-state index in [0.717, 1.165) is 24.5 Å². The highest BCUT2D eigenvalue weighted by Crippen LogP contribution is 2.33. The molecule has 0 amide bonds. The number of aldehydes is 1. The van der Waals surface area contributed by atoms with Gasteiger partial charge < -0.3 is 4.79 Å². The first-order valence-electron chi connectivity index (χ1n) is 5.26. The van der Waals surface area contributed by atoms with Gasteiger partial charge in [0.25, 0.3) is 0 Å². The average Bonchev–Trinajstić information content (AvgIpc) is 2.52. The Morgan fingerprint density at radius 1 is 1.54 bits per heavy atom. The zero-order valence-electron chi connectivity index (χ0n) is 8.92. The molecular weight excluding hydrogens is 160 g/mol. The fraction of sp³-hybridized carbons (Fsp3) is 0.750. The van der Waals surface area contributed by atoms with Crippen molar-refractivity contribution in [3.05, 3.63) is 11.6 Å². The van der Waals surface area contributed by atoms with Gasteiger partial charge in [0, 0.05) is 5.92 Å². The van der Waals surface area contributed by atoms with Crippen LogP contribution in [-0.2, 0) is 4.79 Å². The van der Waals surface area contributed by atoms with Crippen molar-refractivity contribution in [1.29, 1.82) is 0 Å². The number of carbonyl (C=O) groups excluding carboxylic acids is 1. The summed E-state index contributed by atoms with van der Waals surface area (Å²) in [6.45, 7) is 6.56. The number of hydrogen-bond acceptors (Lipinski definition) is 1. The van der Waals surface area contributed by atoms with Gasteiger partial charge in [-0.15, -0.1) is 0 Å². The van der Waals surface area contributed by atoms with Crippen LogP contribution >= 0.6 is 0 Å². The van der Waals surface area contributed by atoms with Gasteiger partial charge in [0.05, 0.1) is 0 Å². The van der Waals surface area contributed by atoms with Gasteiger partial charge in [0.15, 0.2) is 0 Å². The van der Waals surface area contributed by atoms with E-state index < -0.39 is 0 Å². The minimum atomic E-state index is 0.206. The van der Waals surface area contributed by atoms with Gasteiger partial charge in [-0.05, 0) is 31.1 Å². The Morgan fingerprint density at radius 2 is 2.23 bits per heavy atom. The molecular formula is C12H20O. The molecule has 0 radical (unpaired) electrons. The molecule has 0 N–H and O–H groups in total. The summed E-state index contributed by atoms with van der Waals surface area (Å²) >= 11 is 0. The lowest BCUT2D eigenvalue weighted by atomic mass is 9.91. The molecule has 1 nitrogen and oxygen atoms in total. The Labute approximate surface area is 81.2 Å². The first kappa shape index (κ1) is 10.5. The van der Waals surface area contributed by atoms with E-state index in [4.69, 9.17) is 0 Å². The van der Waals surface area contributed by atoms with Crippen molar-refractivity contribution in [1.82, 2.24) is 0 Å². The molecule has 74 valence electrons. The van der Waals surface area contributed by atoms with Crippen molar-refractivity contribution >= 4 is 6.29 Å². The Balaban J connectivity index is 2.36. The summed E-state index contributed by atoms with van der Waals surface area (Å²) in [4.78, 5) is 10.5. The monoisotopic (exact) mass is 180 g/mol. The average molecular weight is 180 g/mol. The number of hydrogen-bond donors (Lipinski definition) is 0. The molecule has 0 heterocycles. The summed E-state index contributed by atoms with van der Waals surface area (Å²) in [5.74, 6) is 1.81. The van der Waals surface area contributed by atoms with Crippen LogP contribution in [0.5, 0.6) is 0 Å². The van der Waals surface area contributed by atoms with Crippen LogP contribution in [0.15, 0.2) is 11.6 Å². The minimum Gasteiger partial charge on any atom is -0.303 e. The molecule has 0 aliphatic heterocycles. The van der Waals surface area contributed by atoms with Crippen LogP contribution < -0.4 is 0 Å². The van der Waals surface area contributed by atoms with E-state index in [1.54, 1.807) is 0 Å². The molecule has 0 spiro atoms. The van der Waals surface area contributed by atoms with Crippen LogP contribution in [0.2, 0.25) is 0 Å². The quantitative estimate of drug-likeness (QED) is 0.479. The van der Waals surface area contributed by atoms with Crippen molar-refractivity contribution in [2.24, 2.45) is 17.8 Å². The molecule has 0 fully saturated rings. The van der Waals surface area contributed by atoms with Crippen LogP contribution in [0.25, 0.3) is 0 Å². The number of rotatable bonds is 4. The highest BCUT2D eigenvalue weighted by atomic mass is 16.1. The normalized spacial score (nSPS) is 24.6. The van der Waals surface area contributed by atoms with E-state index in [1.807, 2.05) is 6.92 Å². The van der Waals surface area contributed by atoms with Gasteiger partial charge in [0.1, 0.15) is 6.29 Å².